The highest BCUT2D eigenvalue weighted by atomic mass is 16.5. The van der Waals surface area contributed by atoms with E-state index in [0.717, 1.165) is 19.4 Å². The molecule has 5 heteroatoms. The summed E-state index contributed by atoms with van der Waals surface area (Å²) < 4.78 is 5.05. The van der Waals surface area contributed by atoms with Crippen molar-refractivity contribution in [3.8, 4) is 11.5 Å². The minimum Gasteiger partial charge on any atom is -0.507 e. The number of rotatable bonds is 4. The largest absolute Gasteiger partial charge is 0.507 e. The Bertz CT molecular complexity index is 468. The average molecular weight is 264 g/mol. The molecule has 1 aromatic rings. The number of amides is 1. The van der Waals surface area contributed by atoms with Gasteiger partial charge in [0.1, 0.15) is 11.5 Å². The fraction of sp³-hybridized carbons (Fsp3) is 0.500. The number of phenols is 1. The van der Waals surface area contributed by atoms with E-state index in [9.17, 15) is 9.90 Å². The molecular weight excluding hydrogens is 244 g/mol. The molecule has 1 atom stereocenters. The third-order valence-electron chi connectivity index (χ3n) is 3.54. The lowest BCUT2D eigenvalue weighted by molar-refractivity contribution is 0.0939. The zero-order chi connectivity index (χ0) is 13.9. The summed E-state index contributed by atoms with van der Waals surface area (Å²) in [4.78, 5) is 12.1. The normalized spacial score (nSPS) is 22.2. The maximum Gasteiger partial charge on any atom is 0.255 e. The summed E-state index contributed by atoms with van der Waals surface area (Å²) in [5, 5.41) is 16.0. The van der Waals surface area contributed by atoms with E-state index >= 15 is 0 Å². The van der Waals surface area contributed by atoms with Crippen molar-refractivity contribution in [3.63, 3.8) is 0 Å². The van der Waals surface area contributed by atoms with Crippen LogP contribution < -0.4 is 15.4 Å². The van der Waals surface area contributed by atoms with E-state index < -0.39 is 0 Å². The Kier molecular flexibility index (Phi) is 3.95. The lowest BCUT2D eigenvalue weighted by Crippen LogP contribution is -2.47. The summed E-state index contributed by atoms with van der Waals surface area (Å²) in [6, 6.07) is 4.62. The van der Waals surface area contributed by atoms with Gasteiger partial charge in [0.05, 0.1) is 12.7 Å². The third kappa shape index (κ3) is 3.17. The summed E-state index contributed by atoms with van der Waals surface area (Å²) in [7, 11) is 1.53. The maximum atomic E-state index is 12.1. The minimum absolute atomic E-state index is 0.0390. The molecule has 1 heterocycles. The Hall–Kier alpha value is -1.75. The molecule has 0 spiro atoms. The number of phenolic OH excluding ortho intramolecular Hbond substituents is 1. The van der Waals surface area contributed by atoms with Gasteiger partial charge in [-0.2, -0.15) is 0 Å². The van der Waals surface area contributed by atoms with E-state index in [0.29, 0.717) is 12.3 Å². The molecule has 1 aliphatic rings. The van der Waals surface area contributed by atoms with Crippen LogP contribution in [0.15, 0.2) is 18.2 Å². The Balaban J connectivity index is 2.03. The van der Waals surface area contributed by atoms with Gasteiger partial charge < -0.3 is 20.5 Å². The van der Waals surface area contributed by atoms with Crippen LogP contribution in [0.4, 0.5) is 0 Å². The molecule has 2 rings (SSSR count). The van der Waals surface area contributed by atoms with Crippen LogP contribution in [0.2, 0.25) is 0 Å². The van der Waals surface area contributed by atoms with E-state index in [1.807, 2.05) is 0 Å². The van der Waals surface area contributed by atoms with Gasteiger partial charge in [0.25, 0.3) is 5.91 Å². The predicted molar refractivity (Wildman–Crippen MR) is 72.6 cm³/mol. The number of benzene rings is 1. The summed E-state index contributed by atoms with van der Waals surface area (Å²) >= 11 is 0. The molecule has 5 nitrogen and oxygen atoms in total. The van der Waals surface area contributed by atoms with Gasteiger partial charge in [0.2, 0.25) is 0 Å². The quantitative estimate of drug-likeness (QED) is 0.766. The number of aromatic hydroxyl groups is 1. The van der Waals surface area contributed by atoms with Crippen molar-refractivity contribution in [2.45, 2.75) is 25.3 Å². The van der Waals surface area contributed by atoms with Gasteiger partial charge in [0, 0.05) is 12.1 Å². The SMILES string of the molecule is COc1ccc(O)c(C(=O)NCC2(C)CCCN2)c1. The number of carbonyl (C=O) groups excluding carboxylic acids is 1. The molecule has 1 unspecified atom stereocenters. The van der Waals surface area contributed by atoms with Gasteiger partial charge in [0.15, 0.2) is 0 Å². The minimum atomic E-state index is -0.286. The smallest absolute Gasteiger partial charge is 0.255 e. The molecule has 3 N–H and O–H groups in total. The average Bonchev–Trinajstić information content (AvgIpc) is 2.84. The zero-order valence-electron chi connectivity index (χ0n) is 11.3. The second kappa shape index (κ2) is 5.48. The Morgan fingerprint density at radius 2 is 2.37 bits per heavy atom. The number of methoxy groups -OCH3 is 1. The van der Waals surface area contributed by atoms with Crippen LogP contribution in [-0.4, -0.2) is 36.8 Å². The first-order valence-corrected chi connectivity index (χ1v) is 6.44. The summed E-state index contributed by atoms with van der Waals surface area (Å²) in [5.41, 5.74) is 0.186. The molecule has 1 fully saturated rings. The van der Waals surface area contributed by atoms with E-state index in [2.05, 4.69) is 17.6 Å². The molecule has 1 saturated heterocycles. The first-order valence-electron chi connectivity index (χ1n) is 6.44. The molecular formula is C14H20N2O3. The van der Waals surface area contributed by atoms with Crippen molar-refractivity contribution in [2.24, 2.45) is 0 Å². The monoisotopic (exact) mass is 264 g/mol. The molecule has 1 amide bonds. The van der Waals surface area contributed by atoms with Crippen LogP contribution >= 0.6 is 0 Å². The van der Waals surface area contributed by atoms with E-state index in [-0.39, 0.29) is 22.8 Å². The van der Waals surface area contributed by atoms with Crippen LogP contribution in [0.5, 0.6) is 11.5 Å². The van der Waals surface area contributed by atoms with Crippen molar-refractivity contribution >= 4 is 5.91 Å². The Morgan fingerprint density at radius 1 is 1.58 bits per heavy atom. The van der Waals surface area contributed by atoms with Gasteiger partial charge in [-0.3, -0.25) is 4.79 Å². The number of hydrogen-bond acceptors (Lipinski definition) is 4. The van der Waals surface area contributed by atoms with Crippen LogP contribution in [0.3, 0.4) is 0 Å². The summed E-state index contributed by atoms with van der Waals surface area (Å²) in [5.74, 6) is 0.224. The van der Waals surface area contributed by atoms with Crippen LogP contribution in [0.1, 0.15) is 30.1 Å². The lowest BCUT2D eigenvalue weighted by Gasteiger charge is -2.24. The highest BCUT2D eigenvalue weighted by Gasteiger charge is 2.28. The van der Waals surface area contributed by atoms with Gasteiger partial charge in [-0.25, -0.2) is 0 Å². The molecule has 0 radical (unpaired) electrons. The van der Waals surface area contributed by atoms with Crippen molar-refractivity contribution in [2.75, 3.05) is 20.2 Å². The fourth-order valence-corrected chi connectivity index (χ4v) is 2.30. The zero-order valence-corrected chi connectivity index (χ0v) is 11.3. The molecule has 1 aromatic carbocycles. The highest BCUT2D eigenvalue weighted by molar-refractivity contribution is 5.97. The summed E-state index contributed by atoms with van der Waals surface area (Å²) in [6.07, 6.45) is 2.16. The number of carbonyl (C=O) groups is 1. The maximum absolute atomic E-state index is 12.1. The van der Waals surface area contributed by atoms with Crippen molar-refractivity contribution < 1.29 is 14.6 Å². The van der Waals surface area contributed by atoms with Gasteiger partial charge in [-0.15, -0.1) is 0 Å². The van der Waals surface area contributed by atoms with Gasteiger partial charge in [-0.1, -0.05) is 0 Å². The second-order valence-electron chi connectivity index (χ2n) is 5.16. The second-order valence-corrected chi connectivity index (χ2v) is 5.16. The Morgan fingerprint density at radius 3 is 3.00 bits per heavy atom. The number of hydrogen-bond donors (Lipinski definition) is 3. The molecule has 1 aliphatic heterocycles. The topological polar surface area (TPSA) is 70.6 Å². The lowest BCUT2D eigenvalue weighted by atomic mass is 10.0. The molecule has 19 heavy (non-hydrogen) atoms. The van der Waals surface area contributed by atoms with E-state index in [4.69, 9.17) is 4.74 Å². The van der Waals surface area contributed by atoms with E-state index in [1.54, 1.807) is 6.07 Å². The predicted octanol–water partition coefficient (Wildman–Crippen LogP) is 1.27. The van der Waals surface area contributed by atoms with Crippen molar-refractivity contribution in [1.82, 2.24) is 10.6 Å². The highest BCUT2D eigenvalue weighted by Crippen LogP contribution is 2.23. The first kappa shape index (κ1) is 13.7. The number of nitrogens with one attached hydrogen (secondary N) is 2. The number of ether oxygens (including phenoxy) is 1. The molecule has 0 saturated carbocycles. The fourth-order valence-electron chi connectivity index (χ4n) is 2.30. The van der Waals surface area contributed by atoms with Crippen LogP contribution in [-0.2, 0) is 0 Å². The molecule has 104 valence electrons. The van der Waals surface area contributed by atoms with E-state index in [1.165, 1.54) is 19.2 Å². The van der Waals surface area contributed by atoms with Crippen LogP contribution in [0, 0.1) is 0 Å². The Labute approximate surface area is 113 Å². The molecule has 0 bridgehead atoms. The first-order chi connectivity index (χ1) is 9.04. The van der Waals surface area contributed by atoms with Gasteiger partial charge >= 0.3 is 0 Å². The summed E-state index contributed by atoms with van der Waals surface area (Å²) in [6.45, 7) is 3.62. The van der Waals surface area contributed by atoms with Crippen LogP contribution in [0.25, 0.3) is 0 Å². The third-order valence-corrected chi connectivity index (χ3v) is 3.54. The molecule has 0 aromatic heterocycles. The van der Waals surface area contributed by atoms with Crippen molar-refractivity contribution in [1.29, 1.82) is 0 Å². The van der Waals surface area contributed by atoms with Crippen molar-refractivity contribution in [3.05, 3.63) is 23.8 Å². The van der Waals surface area contributed by atoms with Gasteiger partial charge in [-0.05, 0) is 44.5 Å². The molecule has 0 aliphatic carbocycles. The standard InChI is InChI=1S/C14H20N2O3/c1-14(6-3-7-16-14)9-15-13(18)11-8-10(19-2)4-5-12(11)17/h4-5,8,16-17H,3,6-7,9H2,1-2H3,(H,15,18).